The second-order valence-electron chi connectivity index (χ2n) is 7.15. The molecule has 1 spiro atoms. The van der Waals surface area contributed by atoms with E-state index in [0.717, 1.165) is 47.8 Å². The molecule has 0 bridgehead atoms. The number of halogens is 1. The Labute approximate surface area is 137 Å². The summed E-state index contributed by atoms with van der Waals surface area (Å²) in [6, 6.07) is 4.06. The van der Waals surface area contributed by atoms with E-state index in [1.54, 1.807) is 0 Å². The predicted molar refractivity (Wildman–Crippen MR) is 87.7 cm³/mol. The summed E-state index contributed by atoms with van der Waals surface area (Å²) in [5.41, 5.74) is 7.34. The smallest absolute Gasteiger partial charge is 0.251 e. The van der Waals surface area contributed by atoms with E-state index < -0.39 is 5.79 Å². The Morgan fingerprint density at radius 2 is 1.50 bits per heavy atom. The summed E-state index contributed by atoms with van der Waals surface area (Å²) in [5.74, 6) is 1.24. The molecule has 2 N–H and O–H groups in total. The van der Waals surface area contributed by atoms with Gasteiger partial charge in [0.1, 0.15) is 0 Å². The summed E-state index contributed by atoms with van der Waals surface area (Å²) in [6.07, 6.45) is 10.3. The van der Waals surface area contributed by atoms with Crippen molar-refractivity contribution >= 4 is 11.6 Å². The van der Waals surface area contributed by atoms with E-state index in [-0.39, 0.29) is 5.41 Å². The molecule has 0 saturated heterocycles. The number of benzene rings is 1. The molecular formula is C18H24ClNO2. The summed E-state index contributed by atoms with van der Waals surface area (Å²) < 4.78 is 12.3. The van der Waals surface area contributed by atoms with Crippen LogP contribution in [0.25, 0.3) is 0 Å². The maximum Gasteiger partial charge on any atom is 0.251 e. The van der Waals surface area contributed by atoms with Crippen molar-refractivity contribution in [2.75, 3.05) is 6.54 Å². The third kappa shape index (κ3) is 2.21. The van der Waals surface area contributed by atoms with Gasteiger partial charge in [0.15, 0.2) is 11.5 Å². The van der Waals surface area contributed by atoms with E-state index in [9.17, 15) is 0 Å². The van der Waals surface area contributed by atoms with Crippen LogP contribution in [0.1, 0.15) is 63.4 Å². The van der Waals surface area contributed by atoms with Crippen LogP contribution in [-0.4, -0.2) is 12.3 Å². The Morgan fingerprint density at radius 1 is 0.909 bits per heavy atom. The van der Waals surface area contributed by atoms with Crippen molar-refractivity contribution in [3.05, 3.63) is 22.7 Å². The highest BCUT2D eigenvalue weighted by Gasteiger charge is 2.45. The average Bonchev–Trinajstić information content (AvgIpc) is 3.13. The third-order valence-corrected chi connectivity index (χ3v) is 6.08. The van der Waals surface area contributed by atoms with Crippen LogP contribution in [0.2, 0.25) is 5.02 Å². The Kier molecular flexibility index (Phi) is 3.54. The fourth-order valence-electron chi connectivity index (χ4n) is 4.45. The maximum atomic E-state index is 6.61. The van der Waals surface area contributed by atoms with Gasteiger partial charge in [-0.1, -0.05) is 30.9 Å². The Balaban J connectivity index is 1.71. The molecule has 120 valence electrons. The molecule has 0 radical (unpaired) electrons. The van der Waals surface area contributed by atoms with Crippen LogP contribution < -0.4 is 15.2 Å². The molecule has 22 heavy (non-hydrogen) atoms. The minimum absolute atomic E-state index is 0.0130. The molecule has 0 unspecified atom stereocenters. The van der Waals surface area contributed by atoms with Crippen molar-refractivity contribution in [3.63, 3.8) is 0 Å². The lowest BCUT2D eigenvalue weighted by atomic mass is 9.69. The molecule has 1 aliphatic heterocycles. The number of ether oxygens (including phenoxy) is 2. The van der Waals surface area contributed by atoms with Crippen molar-refractivity contribution in [1.82, 2.24) is 0 Å². The summed E-state index contributed by atoms with van der Waals surface area (Å²) in [6.45, 7) is 0.650. The fraction of sp³-hybridized carbons (Fsp3) is 0.667. The molecule has 0 amide bonds. The monoisotopic (exact) mass is 321 g/mol. The van der Waals surface area contributed by atoms with E-state index in [4.69, 9.17) is 26.8 Å². The SMILES string of the molecule is NCC1(c2cc3c(cc2Cl)OC2(CCCC2)O3)CCCCC1. The number of nitrogens with two attached hydrogens (primary N) is 1. The topological polar surface area (TPSA) is 44.5 Å². The van der Waals surface area contributed by atoms with Crippen molar-refractivity contribution in [2.45, 2.75) is 69.0 Å². The Hall–Kier alpha value is -0.930. The first-order chi connectivity index (χ1) is 10.7. The number of rotatable bonds is 2. The number of fused-ring (bicyclic) bond motifs is 1. The van der Waals surface area contributed by atoms with Gasteiger partial charge in [-0.2, -0.15) is 0 Å². The van der Waals surface area contributed by atoms with E-state index in [1.807, 2.05) is 6.07 Å². The third-order valence-electron chi connectivity index (χ3n) is 5.76. The molecule has 4 heteroatoms. The molecular weight excluding hydrogens is 298 g/mol. The lowest BCUT2D eigenvalue weighted by Crippen LogP contribution is -2.37. The molecule has 2 saturated carbocycles. The largest absolute Gasteiger partial charge is 0.448 e. The Morgan fingerprint density at radius 3 is 2.14 bits per heavy atom. The zero-order valence-electron chi connectivity index (χ0n) is 13.0. The fourth-order valence-corrected chi connectivity index (χ4v) is 4.81. The van der Waals surface area contributed by atoms with Crippen LogP contribution in [0.5, 0.6) is 11.5 Å². The molecule has 3 nitrogen and oxygen atoms in total. The van der Waals surface area contributed by atoms with Gasteiger partial charge in [-0.25, -0.2) is 0 Å². The molecule has 3 aliphatic rings. The van der Waals surface area contributed by atoms with E-state index >= 15 is 0 Å². The summed E-state index contributed by atoms with van der Waals surface area (Å²) in [7, 11) is 0. The second kappa shape index (κ2) is 5.31. The zero-order valence-corrected chi connectivity index (χ0v) is 13.8. The van der Waals surface area contributed by atoms with Gasteiger partial charge in [-0.15, -0.1) is 0 Å². The number of hydrogen-bond donors (Lipinski definition) is 1. The molecule has 4 rings (SSSR count). The lowest BCUT2D eigenvalue weighted by Gasteiger charge is -2.37. The summed E-state index contributed by atoms with van der Waals surface area (Å²) in [4.78, 5) is 0. The van der Waals surface area contributed by atoms with Gasteiger partial charge in [0.25, 0.3) is 5.79 Å². The van der Waals surface area contributed by atoms with Crippen molar-refractivity contribution in [2.24, 2.45) is 5.73 Å². The molecule has 1 aromatic carbocycles. The first-order valence-electron chi connectivity index (χ1n) is 8.59. The first-order valence-corrected chi connectivity index (χ1v) is 8.96. The molecule has 2 fully saturated rings. The summed E-state index contributed by atoms with van der Waals surface area (Å²) in [5, 5.41) is 0.782. The van der Waals surface area contributed by atoms with E-state index in [0.29, 0.717) is 6.54 Å². The zero-order chi connectivity index (χ0) is 15.2. The predicted octanol–water partition coefficient (Wildman–Crippen LogP) is 4.54. The average molecular weight is 322 g/mol. The number of hydrogen-bond acceptors (Lipinski definition) is 3. The van der Waals surface area contributed by atoms with Crippen molar-refractivity contribution < 1.29 is 9.47 Å². The summed E-state index contributed by atoms with van der Waals surface area (Å²) >= 11 is 6.61. The Bertz CT molecular complexity index is 575. The van der Waals surface area contributed by atoms with Gasteiger partial charge in [0, 0.05) is 35.9 Å². The normalized spacial score (nSPS) is 24.8. The molecule has 1 aromatic rings. The van der Waals surface area contributed by atoms with Gasteiger partial charge >= 0.3 is 0 Å². The van der Waals surface area contributed by atoms with Gasteiger partial charge in [0.05, 0.1) is 0 Å². The van der Waals surface area contributed by atoms with Gasteiger partial charge in [-0.05, 0) is 37.3 Å². The highest BCUT2D eigenvalue weighted by molar-refractivity contribution is 6.31. The lowest BCUT2D eigenvalue weighted by molar-refractivity contribution is -0.0716. The van der Waals surface area contributed by atoms with Crippen molar-refractivity contribution in [1.29, 1.82) is 0 Å². The van der Waals surface area contributed by atoms with E-state index in [1.165, 1.54) is 32.1 Å². The standard InChI is InChI=1S/C18H24ClNO2/c19-14-11-16-15(21-18(22-16)8-4-5-9-18)10-13(14)17(12-20)6-2-1-3-7-17/h10-11H,1-9,12,20H2. The maximum absolute atomic E-state index is 6.61. The highest BCUT2D eigenvalue weighted by Crippen LogP contribution is 2.51. The second-order valence-corrected chi connectivity index (χ2v) is 7.55. The van der Waals surface area contributed by atoms with Crippen LogP contribution in [0.3, 0.4) is 0 Å². The molecule has 0 aromatic heterocycles. The first kappa shape index (κ1) is 14.6. The van der Waals surface area contributed by atoms with E-state index in [2.05, 4.69) is 6.07 Å². The molecule has 1 heterocycles. The van der Waals surface area contributed by atoms with Crippen LogP contribution in [0.4, 0.5) is 0 Å². The van der Waals surface area contributed by atoms with Gasteiger partial charge in [-0.3, -0.25) is 0 Å². The van der Waals surface area contributed by atoms with Gasteiger partial charge < -0.3 is 15.2 Å². The van der Waals surface area contributed by atoms with Crippen LogP contribution in [0.15, 0.2) is 12.1 Å². The van der Waals surface area contributed by atoms with Crippen LogP contribution in [-0.2, 0) is 5.41 Å². The molecule has 2 aliphatic carbocycles. The quantitative estimate of drug-likeness (QED) is 0.869. The molecule has 0 atom stereocenters. The highest BCUT2D eigenvalue weighted by atomic mass is 35.5. The van der Waals surface area contributed by atoms with Crippen LogP contribution >= 0.6 is 11.6 Å². The van der Waals surface area contributed by atoms with Crippen LogP contribution in [0, 0.1) is 0 Å². The van der Waals surface area contributed by atoms with Gasteiger partial charge in [0.2, 0.25) is 0 Å². The minimum Gasteiger partial charge on any atom is -0.448 e. The van der Waals surface area contributed by atoms with Crippen molar-refractivity contribution in [3.8, 4) is 11.5 Å². The minimum atomic E-state index is -0.424.